The molecule has 0 unspecified atom stereocenters. The van der Waals surface area contributed by atoms with Gasteiger partial charge in [0.1, 0.15) is 17.1 Å². The minimum absolute atomic E-state index is 0.757. The lowest BCUT2D eigenvalue weighted by Gasteiger charge is -2.04. The van der Waals surface area contributed by atoms with E-state index in [0.29, 0.717) is 0 Å². The van der Waals surface area contributed by atoms with Gasteiger partial charge in [-0.25, -0.2) is 14.8 Å². The van der Waals surface area contributed by atoms with E-state index in [4.69, 9.17) is 14.6 Å². The molecule has 132 valence electrons. The summed E-state index contributed by atoms with van der Waals surface area (Å²) >= 11 is 3.38. The molecule has 0 amide bonds. The van der Waals surface area contributed by atoms with Crippen LogP contribution in [0.25, 0.3) is 22.6 Å². The highest BCUT2D eigenvalue weighted by atomic mass is 79.9. The van der Waals surface area contributed by atoms with Crippen LogP contribution in [0.2, 0.25) is 0 Å². The summed E-state index contributed by atoms with van der Waals surface area (Å²) in [4.78, 5) is 20.9. The lowest BCUT2D eigenvalue weighted by Crippen LogP contribution is -2.21. The number of carboxylic acids is 1. The number of para-hydroxylation sites is 1. The first-order valence-electron chi connectivity index (χ1n) is 6.67. The monoisotopic (exact) mass is 417 g/mol. The van der Waals surface area contributed by atoms with E-state index >= 15 is 0 Å². The number of aliphatic carboxylic acids is 1. The largest absolute Gasteiger partial charge is 0.496 e. The van der Waals surface area contributed by atoms with Crippen molar-refractivity contribution in [2.45, 2.75) is 6.18 Å². The van der Waals surface area contributed by atoms with E-state index in [-0.39, 0.29) is 0 Å². The Labute approximate surface area is 147 Å². The Morgan fingerprint density at radius 3 is 2.56 bits per heavy atom. The number of carbonyl (C=O) groups is 1. The number of carboxylic acid groups (broad SMARTS) is 1. The molecule has 3 aromatic rings. The summed E-state index contributed by atoms with van der Waals surface area (Å²) in [6.07, 6.45) is -3.34. The van der Waals surface area contributed by atoms with Crippen molar-refractivity contribution in [1.82, 2.24) is 15.0 Å². The molecule has 2 heterocycles. The zero-order valence-electron chi connectivity index (χ0n) is 12.6. The number of methoxy groups -OCH3 is 1. The minimum atomic E-state index is -5.08. The van der Waals surface area contributed by atoms with E-state index in [1.807, 2.05) is 30.3 Å². The number of pyridine rings is 1. The van der Waals surface area contributed by atoms with Gasteiger partial charge in [-0.3, -0.25) is 0 Å². The third-order valence-corrected chi connectivity index (χ3v) is 3.34. The second kappa shape index (κ2) is 7.51. The van der Waals surface area contributed by atoms with Crippen LogP contribution in [0.3, 0.4) is 0 Å². The second-order valence-corrected chi connectivity index (χ2v) is 5.53. The van der Waals surface area contributed by atoms with E-state index < -0.39 is 12.1 Å². The summed E-state index contributed by atoms with van der Waals surface area (Å²) < 4.78 is 38.0. The van der Waals surface area contributed by atoms with Crippen LogP contribution in [0.4, 0.5) is 13.2 Å². The fourth-order valence-electron chi connectivity index (χ4n) is 1.84. The van der Waals surface area contributed by atoms with Gasteiger partial charge in [0, 0.05) is 10.7 Å². The van der Waals surface area contributed by atoms with Gasteiger partial charge in [0.05, 0.1) is 12.7 Å². The van der Waals surface area contributed by atoms with Crippen LogP contribution in [-0.2, 0) is 4.79 Å². The molecule has 3 rings (SSSR count). The summed E-state index contributed by atoms with van der Waals surface area (Å²) in [5, 5.41) is 7.12. The van der Waals surface area contributed by atoms with Gasteiger partial charge < -0.3 is 14.8 Å². The molecule has 0 fully saturated rings. The average Bonchev–Trinajstić information content (AvgIpc) is 2.97. The van der Waals surface area contributed by atoms with Crippen molar-refractivity contribution in [2.75, 3.05) is 7.11 Å². The normalized spacial score (nSPS) is 10.9. The standard InChI is InChI=1S/C13H10BrN3O.C2HF3O2/c1-18-11-5-3-2-4-9(11)12-16-10-6-8(14)7-15-13(10)17-12;3-2(4,5)1(6)7/h2-7H,1H3,(H,15,16,17);(H,6,7). The smallest absolute Gasteiger partial charge is 0.490 e. The predicted octanol–water partition coefficient (Wildman–Crippen LogP) is 4.03. The second-order valence-electron chi connectivity index (χ2n) is 4.61. The number of nitrogens with one attached hydrogen (secondary N) is 1. The van der Waals surface area contributed by atoms with Crippen LogP contribution < -0.4 is 4.74 Å². The lowest BCUT2D eigenvalue weighted by molar-refractivity contribution is -0.192. The maximum atomic E-state index is 10.6. The van der Waals surface area contributed by atoms with Crippen LogP contribution in [0.5, 0.6) is 5.75 Å². The third-order valence-electron chi connectivity index (χ3n) is 2.91. The van der Waals surface area contributed by atoms with Gasteiger partial charge in [-0.15, -0.1) is 0 Å². The first-order chi connectivity index (χ1) is 11.7. The summed E-state index contributed by atoms with van der Waals surface area (Å²) in [7, 11) is 1.65. The average molecular weight is 418 g/mol. The fraction of sp³-hybridized carbons (Fsp3) is 0.133. The van der Waals surface area contributed by atoms with Crippen LogP contribution in [0.15, 0.2) is 41.0 Å². The van der Waals surface area contributed by atoms with Crippen LogP contribution >= 0.6 is 15.9 Å². The molecule has 6 nitrogen and oxygen atoms in total. The number of benzene rings is 1. The first kappa shape index (κ1) is 18.7. The maximum Gasteiger partial charge on any atom is 0.490 e. The molecule has 0 aliphatic rings. The Hall–Kier alpha value is -2.62. The summed E-state index contributed by atoms with van der Waals surface area (Å²) in [5.41, 5.74) is 2.51. The van der Waals surface area contributed by atoms with E-state index in [2.05, 4.69) is 30.9 Å². The van der Waals surface area contributed by atoms with Gasteiger partial charge in [-0.2, -0.15) is 13.2 Å². The molecule has 1 aromatic carbocycles. The summed E-state index contributed by atoms with van der Waals surface area (Å²) in [5.74, 6) is -1.21. The maximum absolute atomic E-state index is 10.6. The van der Waals surface area contributed by atoms with E-state index in [1.54, 1.807) is 13.3 Å². The molecule has 0 aliphatic carbocycles. The highest BCUT2D eigenvalue weighted by molar-refractivity contribution is 9.10. The van der Waals surface area contributed by atoms with E-state index in [1.165, 1.54) is 0 Å². The van der Waals surface area contributed by atoms with Crippen molar-refractivity contribution in [3.8, 4) is 17.1 Å². The van der Waals surface area contributed by atoms with Crippen molar-refractivity contribution >= 4 is 33.1 Å². The van der Waals surface area contributed by atoms with E-state index in [0.717, 1.165) is 32.8 Å². The Kier molecular flexibility index (Phi) is 5.62. The van der Waals surface area contributed by atoms with Crippen molar-refractivity contribution < 1.29 is 27.8 Å². The molecule has 2 N–H and O–H groups in total. The number of hydrogen-bond donors (Lipinski definition) is 2. The number of ether oxygens (including phenoxy) is 1. The van der Waals surface area contributed by atoms with Gasteiger partial charge in [0.25, 0.3) is 0 Å². The third kappa shape index (κ3) is 4.69. The van der Waals surface area contributed by atoms with Crippen molar-refractivity contribution in [2.24, 2.45) is 0 Å². The van der Waals surface area contributed by atoms with Crippen molar-refractivity contribution in [3.05, 3.63) is 41.0 Å². The highest BCUT2D eigenvalue weighted by Crippen LogP contribution is 2.28. The Morgan fingerprint density at radius 2 is 1.96 bits per heavy atom. The van der Waals surface area contributed by atoms with Gasteiger partial charge in [0.2, 0.25) is 0 Å². The number of aromatic nitrogens is 3. The Bertz CT molecular complexity index is 896. The van der Waals surface area contributed by atoms with Crippen molar-refractivity contribution in [1.29, 1.82) is 0 Å². The summed E-state index contributed by atoms with van der Waals surface area (Å²) in [6.45, 7) is 0. The number of alkyl halides is 3. The van der Waals surface area contributed by atoms with Gasteiger partial charge in [-0.05, 0) is 34.1 Å². The SMILES string of the molecule is COc1ccccc1-c1nc2cc(Br)cnc2[nH]1.O=C(O)C(F)(F)F. The number of rotatable bonds is 2. The number of H-pyrrole nitrogens is 1. The molecule has 2 aromatic heterocycles. The molecule has 0 saturated heterocycles. The first-order valence-corrected chi connectivity index (χ1v) is 7.46. The number of imidazole rings is 1. The zero-order valence-corrected chi connectivity index (χ0v) is 14.2. The molecule has 0 atom stereocenters. The fourth-order valence-corrected chi connectivity index (χ4v) is 2.16. The number of fused-ring (bicyclic) bond motifs is 1. The molecular weight excluding hydrogens is 407 g/mol. The van der Waals surface area contributed by atoms with Crippen LogP contribution in [-0.4, -0.2) is 39.3 Å². The number of aromatic amines is 1. The van der Waals surface area contributed by atoms with Gasteiger partial charge in [0.15, 0.2) is 5.65 Å². The quantitative estimate of drug-likeness (QED) is 0.656. The zero-order chi connectivity index (χ0) is 18.6. The minimum Gasteiger partial charge on any atom is -0.496 e. The predicted molar refractivity (Wildman–Crippen MR) is 87.3 cm³/mol. The van der Waals surface area contributed by atoms with E-state index in [9.17, 15) is 13.2 Å². The van der Waals surface area contributed by atoms with Crippen LogP contribution in [0.1, 0.15) is 0 Å². The van der Waals surface area contributed by atoms with Crippen molar-refractivity contribution in [3.63, 3.8) is 0 Å². The number of halogens is 4. The van der Waals surface area contributed by atoms with Crippen LogP contribution in [0, 0.1) is 0 Å². The molecule has 0 radical (unpaired) electrons. The topological polar surface area (TPSA) is 88.1 Å². The molecule has 0 bridgehead atoms. The summed E-state index contributed by atoms with van der Waals surface area (Å²) in [6, 6.07) is 9.68. The highest BCUT2D eigenvalue weighted by Gasteiger charge is 2.38. The molecule has 0 aliphatic heterocycles. The number of nitrogens with zero attached hydrogens (tertiary/aromatic N) is 2. The van der Waals surface area contributed by atoms with Gasteiger partial charge in [-0.1, -0.05) is 12.1 Å². The number of hydrogen-bond acceptors (Lipinski definition) is 4. The molecule has 25 heavy (non-hydrogen) atoms. The molecule has 0 saturated carbocycles. The van der Waals surface area contributed by atoms with Gasteiger partial charge >= 0.3 is 12.1 Å². The molecule has 10 heteroatoms. The molecule has 0 spiro atoms. The Balaban J connectivity index is 0.000000277. The molecular formula is C15H11BrF3N3O3. The Morgan fingerprint density at radius 1 is 1.32 bits per heavy atom. The lowest BCUT2D eigenvalue weighted by atomic mass is 10.2.